The Balaban J connectivity index is 2.72. The molecule has 0 N–H and O–H groups in total. The van der Waals surface area contributed by atoms with E-state index in [1.807, 2.05) is 46.8 Å². The largest absolute Gasteiger partial charge is 0.442 e. The zero-order chi connectivity index (χ0) is 16.2. The highest BCUT2D eigenvalue weighted by atomic mass is 79.9. The zero-order valence-electron chi connectivity index (χ0n) is 12.8. The van der Waals surface area contributed by atoms with Gasteiger partial charge < -0.3 is 0 Å². The van der Waals surface area contributed by atoms with Gasteiger partial charge in [-0.1, -0.05) is 46.8 Å². The number of halogens is 4. The Hall–Kier alpha value is -0.420. The van der Waals surface area contributed by atoms with Crippen molar-refractivity contribution in [2.45, 2.75) is 50.9 Å². The fourth-order valence-electron chi connectivity index (χ4n) is 2.50. The number of hydrogen-bond acceptors (Lipinski definition) is 0. The van der Waals surface area contributed by atoms with Crippen LogP contribution in [-0.2, 0) is 0 Å². The third-order valence-corrected chi connectivity index (χ3v) is 9.78. The number of hydrogen-bond donors (Lipinski definition) is 0. The Kier molecular flexibility index (Phi) is 4.08. The molecule has 0 fully saturated rings. The number of benzene rings is 1. The molecule has 1 unspecified atom stereocenters. The summed E-state index contributed by atoms with van der Waals surface area (Å²) < 4.78 is 41.7. The second-order valence-corrected chi connectivity index (χ2v) is 12.0. The molecule has 1 heterocycles. The van der Waals surface area contributed by atoms with Gasteiger partial charge in [0.05, 0.1) is 0 Å². The molecule has 1 aromatic carbocycles. The lowest BCUT2D eigenvalue weighted by Gasteiger charge is -2.40. The van der Waals surface area contributed by atoms with E-state index in [4.69, 9.17) is 0 Å². The van der Waals surface area contributed by atoms with Crippen LogP contribution in [0.2, 0.25) is 0 Å². The van der Waals surface area contributed by atoms with Crippen LogP contribution in [-0.4, -0.2) is 5.51 Å². The number of allylic oxidation sites excluding steroid dienone is 1. The summed E-state index contributed by atoms with van der Waals surface area (Å²) in [5.74, 6) is 0.207. The van der Waals surface area contributed by atoms with E-state index >= 15 is 0 Å². The van der Waals surface area contributed by atoms with Gasteiger partial charge in [0, 0.05) is 4.90 Å². The predicted molar refractivity (Wildman–Crippen MR) is 88.8 cm³/mol. The lowest BCUT2D eigenvalue weighted by molar-refractivity contribution is -0.0358. The summed E-state index contributed by atoms with van der Waals surface area (Å²) in [6.07, 6.45) is 1.72. The zero-order valence-corrected chi connectivity index (χ0v) is 15.2. The summed E-state index contributed by atoms with van der Waals surface area (Å²) in [4.78, 5) is 0.838. The first-order valence-electron chi connectivity index (χ1n) is 6.84. The average molecular weight is 381 g/mol. The Labute approximate surface area is 133 Å². The quantitative estimate of drug-likeness (QED) is 0.482. The molecule has 0 nitrogen and oxygen atoms in total. The molecule has 1 aliphatic rings. The van der Waals surface area contributed by atoms with Crippen molar-refractivity contribution in [1.82, 2.24) is 0 Å². The van der Waals surface area contributed by atoms with Crippen LogP contribution in [0.3, 0.4) is 0 Å². The summed E-state index contributed by atoms with van der Waals surface area (Å²) in [7, 11) is -3.16. The molecule has 0 saturated carbocycles. The van der Waals surface area contributed by atoms with Gasteiger partial charge in [0.2, 0.25) is 0 Å². The SMILES string of the molecule is CC(C)c1ccc2c(c1)S(Br)(C(F)(F)F)C(C(C)(C)C)=C2. The third-order valence-electron chi connectivity index (χ3n) is 3.66. The molecular formula is C16H20BrF3S. The van der Waals surface area contributed by atoms with Crippen LogP contribution >= 0.6 is 23.3 Å². The minimum Gasteiger partial charge on any atom is -0.160 e. The first kappa shape index (κ1) is 16.9. The molecule has 0 aromatic heterocycles. The van der Waals surface area contributed by atoms with Crippen LogP contribution in [0.25, 0.3) is 6.08 Å². The van der Waals surface area contributed by atoms with Crippen molar-refractivity contribution in [2.24, 2.45) is 5.41 Å². The summed E-state index contributed by atoms with van der Waals surface area (Å²) >= 11 is 3.14. The molecule has 0 amide bonds. The minimum atomic E-state index is -4.30. The molecule has 0 spiro atoms. The van der Waals surface area contributed by atoms with E-state index in [2.05, 4.69) is 14.8 Å². The van der Waals surface area contributed by atoms with Gasteiger partial charge in [-0.25, -0.2) is 0 Å². The van der Waals surface area contributed by atoms with Crippen molar-refractivity contribution in [2.75, 3.05) is 0 Å². The molecular weight excluding hydrogens is 361 g/mol. The first-order valence-corrected chi connectivity index (χ1v) is 10.3. The molecule has 2 rings (SSSR count). The van der Waals surface area contributed by atoms with E-state index < -0.39 is 19.4 Å². The fraction of sp³-hybridized carbons (Fsp3) is 0.500. The molecule has 0 aliphatic carbocycles. The van der Waals surface area contributed by atoms with Crippen molar-refractivity contribution in [3.8, 4) is 0 Å². The Morgan fingerprint density at radius 1 is 1.10 bits per heavy atom. The van der Waals surface area contributed by atoms with Crippen LogP contribution < -0.4 is 0 Å². The van der Waals surface area contributed by atoms with Gasteiger partial charge in [-0.2, -0.15) is 13.2 Å². The maximum Gasteiger partial charge on any atom is 0.442 e. The van der Waals surface area contributed by atoms with Crippen molar-refractivity contribution < 1.29 is 13.2 Å². The van der Waals surface area contributed by atoms with E-state index in [9.17, 15) is 13.2 Å². The molecule has 0 bridgehead atoms. The normalized spacial score (nSPS) is 25.5. The molecule has 21 heavy (non-hydrogen) atoms. The molecule has 0 saturated heterocycles. The molecule has 118 valence electrons. The summed E-state index contributed by atoms with van der Waals surface area (Å²) in [5.41, 5.74) is -3.20. The molecule has 1 atom stereocenters. The Morgan fingerprint density at radius 2 is 1.67 bits per heavy atom. The molecule has 5 heteroatoms. The molecule has 1 aliphatic heterocycles. The number of alkyl halides is 3. The lowest BCUT2D eigenvalue weighted by atomic mass is 9.94. The van der Waals surface area contributed by atoms with Crippen molar-refractivity contribution in [3.05, 3.63) is 34.2 Å². The van der Waals surface area contributed by atoms with Gasteiger partial charge >= 0.3 is 5.51 Å². The van der Waals surface area contributed by atoms with Gasteiger partial charge in [0.25, 0.3) is 0 Å². The highest BCUT2D eigenvalue weighted by Gasteiger charge is 2.57. The second kappa shape index (κ2) is 5.05. The van der Waals surface area contributed by atoms with Crippen molar-refractivity contribution in [3.63, 3.8) is 0 Å². The van der Waals surface area contributed by atoms with Crippen LogP contribution in [0.5, 0.6) is 0 Å². The first-order chi connectivity index (χ1) is 9.39. The highest BCUT2D eigenvalue weighted by Crippen LogP contribution is 2.83. The van der Waals surface area contributed by atoms with E-state index in [-0.39, 0.29) is 5.92 Å². The topological polar surface area (TPSA) is 0 Å². The smallest absolute Gasteiger partial charge is 0.160 e. The monoisotopic (exact) mass is 380 g/mol. The van der Waals surface area contributed by atoms with Crippen LogP contribution in [0, 0.1) is 5.41 Å². The number of fused-ring (bicyclic) bond motifs is 1. The van der Waals surface area contributed by atoms with Gasteiger partial charge in [0.15, 0.2) is 0 Å². The Morgan fingerprint density at radius 3 is 2.10 bits per heavy atom. The standard InChI is InChI=1S/C16H20BrF3S/c1-10(2)11-6-7-12-9-14(15(3,4)5)21(17,13(12)8-11)16(18,19)20/h6-10H,1-5H3. The fourth-order valence-corrected chi connectivity index (χ4v) is 7.70. The summed E-state index contributed by atoms with van der Waals surface area (Å²) in [6, 6.07) is 5.47. The van der Waals surface area contributed by atoms with Crippen LogP contribution in [0.1, 0.15) is 51.7 Å². The second-order valence-electron chi connectivity index (χ2n) is 6.69. The van der Waals surface area contributed by atoms with Crippen LogP contribution in [0.4, 0.5) is 13.2 Å². The third kappa shape index (κ3) is 2.67. The van der Waals surface area contributed by atoms with E-state index in [1.165, 1.54) is 0 Å². The molecule has 0 radical (unpaired) electrons. The molecule has 1 aromatic rings. The van der Waals surface area contributed by atoms with Crippen molar-refractivity contribution in [1.29, 1.82) is 0 Å². The van der Waals surface area contributed by atoms with Crippen LogP contribution in [0.15, 0.2) is 28.0 Å². The average Bonchev–Trinajstić information content (AvgIpc) is 2.63. The predicted octanol–water partition coefficient (Wildman–Crippen LogP) is 7.20. The van der Waals surface area contributed by atoms with Gasteiger partial charge in [-0.3, -0.25) is 0 Å². The highest BCUT2D eigenvalue weighted by molar-refractivity contribution is 9.59. The lowest BCUT2D eigenvalue weighted by Crippen LogP contribution is -2.22. The van der Waals surface area contributed by atoms with Gasteiger partial charge in [-0.15, -0.1) is 0 Å². The summed E-state index contributed by atoms with van der Waals surface area (Å²) in [6.45, 7) is 9.50. The minimum absolute atomic E-state index is 0.207. The van der Waals surface area contributed by atoms with E-state index in [0.29, 0.717) is 15.4 Å². The van der Waals surface area contributed by atoms with Crippen molar-refractivity contribution >= 4 is 29.4 Å². The maximum atomic E-state index is 13.9. The van der Waals surface area contributed by atoms with E-state index in [1.54, 1.807) is 12.1 Å². The Bertz CT molecular complexity index is 597. The van der Waals surface area contributed by atoms with Gasteiger partial charge in [0.1, 0.15) is 0 Å². The number of rotatable bonds is 1. The maximum absolute atomic E-state index is 13.9. The summed E-state index contributed by atoms with van der Waals surface area (Å²) in [5, 5.41) is 0. The van der Waals surface area contributed by atoms with Gasteiger partial charge in [-0.05, 0) is 62.8 Å². The van der Waals surface area contributed by atoms with E-state index in [0.717, 1.165) is 5.56 Å².